The molecule has 0 radical (unpaired) electrons. The van der Waals surface area contributed by atoms with Crippen molar-refractivity contribution in [3.05, 3.63) is 93.5 Å². The van der Waals surface area contributed by atoms with Gasteiger partial charge in [0.05, 0.1) is 10.6 Å². The van der Waals surface area contributed by atoms with E-state index in [0.717, 1.165) is 30.5 Å². The fourth-order valence-corrected chi connectivity index (χ4v) is 4.87. The van der Waals surface area contributed by atoms with Gasteiger partial charge in [-0.2, -0.15) is 0 Å². The van der Waals surface area contributed by atoms with Crippen molar-refractivity contribution < 1.29 is 9.59 Å². The van der Waals surface area contributed by atoms with Gasteiger partial charge in [0.2, 0.25) is 0 Å². The Bertz CT molecular complexity index is 1160. The van der Waals surface area contributed by atoms with Crippen LogP contribution in [0, 0.1) is 0 Å². The molecule has 7 heteroatoms. The summed E-state index contributed by atoms with van der Waals surface area (Å²) in [5.41, 5.74) is 3.47. The molecule has 0 fully saturated rings. The van der Waals surface area contributed by atoms with Gasteiger partial charge in [0.15, 0.2) is 0 Å². The molecule has 1 N–H and O–H groups in total. The summed E-state index contributed by atoms with van der Waals surface area (Å²) < 4.78 is 0. The van der Waals surface area contributed by atoms with Gasteiger partial charge in [0.25, 0.3) is 11.8 Å². The van der Waals surface area contributed by atoms with Gasteiger partial charge in [-0.25, -0.2) is 0 Å². The molecule has 0 saturated carbocycles. The highest BCUT2D eigenvalue weighted by molar-refractivity contribution is 6.34. The lowest BCUT2D eigenvalue weighted by Crippen LogP contribution is -2.31. The van der Waals surface area contributed by atoms with Crippen LogP contribution in [0.3, 0.4) is 0 Å². The number of hydrogen-bond acceptors (Lipinski definition) is 2. The lowest BCUT2D eigenvalue weighted by molar-refractivity contribution is 0.0985. The van der Waals surface area contributed by atoms with Crippen LogP contribution in [-0.4, -0.2) is 24.2 Å². The first kappa shape index (κ1) is 23.6. The summed E-state index contributed by atoms with van der Waals surface area (Å²) in [7, 11) is 0. The van der Waals surface area contributed by atoms with Crippen molar-refractivity contribution in [2.24, 2.45) is 0 Å². The smallest absolute Gasteiger partial charge is 0.258 e. The second-order valence-corrected chi connectivity index (χ2v) is 9.21. The fraction of sp³-hybridized carbons (Fsp3) is 0.231. The molecule has 0 bridgehead atoms. The van der Waals surface area contributed by atoms with Gasteiger partial charge in [-0.3, -0.25) is 9.59 Å². The third kappa shape index (κ3) is 5.35. The van der Waals surface area contributed by atoms with E-state index in [-0.39, 0.29) is 17.7 Å². The number of hydrogen-bond donors (Lipinski definition) is 1. The Morgan fingerprint density at radius 1 is 1.00 bits per heavy atom. The summed E-state index contributed by atoms with van der Waals surface area (Å²) in [6.07, 6.45) is 2.68. The van der Waals surface area contributed by atoms with Gasteiger partial charge in [0.1, 0.15) is 0 Å². The highest BCUT2D eigenvalue weighted by atomic mass is 35.5. The molecule has 1 aliphatic heterocycles. The van der Waals surface area contributed by atoms with E-state index in [1.54, 1.807) is 48.5 Å². The van der Waals surface area contributed by atoms with Crippen LogP contribution >= 0.6 is 34.8 Å². The zero-order chi connectivity index (χ0) is 23.4. The summed E-state index contributed by atoms with van der Waals surface area (Å²) >= 11 is 18.4. The molecule has 4 rings (SSSR count). The molecule has 0 aromatic heterocycles. The summed E-state index contributed by atoms with van der Waals surface area (Å²) in [6, 6.07) is 19.4. The van der Waals surface area contributed by atoms with Crippen LogP contribution < -0.4 is 10.2 Å². The van der Waals surface area contributed by atoms with Gasteiger partial charge in [-0.1, -0.05) is 35.3 Å². The van der Waals surface area contributed by atoms with Crippen LogP contribution in [0.25, 0.3) is 0 Å². The van der Waals surface area contributed by atoms with Crippen LogP contribution in [0.1, 0.15) is 51.5 Å². The molecule has 2 amide bonds. The lowest BCUT2D eigenvalue weighted by Gasteiger charge is -2.24. The van der Waals surface area contributed by atoms with Gasteiger partial charge in [-0.15, -0.1) is 11.6 Å². The van der Waals surface area contributed by atoms with Gasteiger partial charge < -0.3 is 10.2 Å². The first-order valence-corrected chi connectivity index (χ1v) is 12.1. The van der Waals surface area contributed by atoms with E-state index < -0.39 is 0 Å². The molecule has 0 saturated heterocycles. The van der Waals surface area contributed by atoms with Gasteiger partial charge in [-0.05, 0) is 85.3 Å². The number of alkyl halides is 1. The fourth-order valence-electron chi connectivity index (χ4n) is 4.21. The number of anilines is 2. The number of nitrogens with zero attached hydrogens (tertiary/aromatic N) is 1. The highest BCUT2D eigenvalue weighted by Gasteiger charge is 2.27. The number of rotatable bonds is 5. The molecule has 170 valence electrons. The Morgan fingerprint density at radius 2 is 1.76 bits per heavy atom. The summed E-state index contributed by atoms with van der Waals surface area (Å²) in [4.78, 5) is 27.7. The minimum atomic E-state index is -0.302. The van der Waals surface area contributed by atoms with Crippen LogP contribution in [0.5, 0.6) is 0 Å². The molecule has 1 atom stereocenters. The first-order valence-electron chi connectivity index (χ1n) is 10.8. The maximum atomic E-state index is 13.4. The van der Waals surface area contributed by atoms with Crippen LogP contribution in [0.4, 0.5) is 11.4 Å². The lowest BCUT2D eigenvalue weighted by atomic mass is 9.92. The average molecular weight is 502 g/mol. The molecule has 33 heavy (non-hydrogen) atoms. The van der Waals surface area contributed by atoms with E-state index >= 15 is 0 Å². The number of halogens is 3. The van der Waals surface area contributed by atoms with E-state index in [9.17, 15) is 9.59 Å². The Kier molecular flexibility index (Phi) is 7.59. The third-order valence-electron chi connectivity index (χ3n) is 5.87. The molecular weight excluding hydrogens is 479 g/mol. The summed E-state index contributed by atoms with van der Waals surface area (Å²) in [5, 5.41) is 3.86. The molecule has 3 aromatic rings. The van der Waals surface area contributed by atoms with E-state index in [0.29, 0.717) is 39.3 Å². The second kappa shape index (κ2) is 10.6. The minimum Gasteiger partial charge on any atom is -0.322 e. The molecule has 1 heterocycles. The predicted octanol–water partition coefficient (Wildman–Crippen LogP) is 7.40. The van der Waals surface area contributed by atoms with Crippen molar-refractivity contribution in [2.45, 2.75) is 25.2 Å². The number of carbonyl (C=O) groups excluding carboxylic acids is 2. The van der Waals surface area contributed by atoms with Gasteiger partial charge in [0, 0.05) is 34.4 Å². The average Bonchev–Trinajstić information content (AvgIpc) is 2.99. The van der Waals surface area contributed by atoms with Gasteiger partial charge >= 0.3 is 0 Å². The Hall–Kier alpha value is -2.53. The van der Waals surface area contributed by atoms with Crippen LogP contribution in [0.2, 0.25) is 10.0 Å². The Morgan fingerprint density at radius 3 is 2.48 bits per heavy atom. The van der Waals surface area contributed by atoms with Crippen molar-refractivity contribution in [3.8, 4) is 0 Å². The molecule has 4 nitrogen and oxygen atoms in total. The zero-order valence-electron chi connectivity index (χ0n) is 17.9. The normalized spacial score (nSPS) is 15.5. The Labute approximate surface area is 208 Å². The molecular formula is C26H23Cl3N2O2. The van der Waals surface area contributed by atoms with Crippen molar-refractivity contribution in [1.29, 1.82) is 0 Å². The van der Waals surface area contributed by atoms with E-state index in [4.69, 9.17) is 34.8 Å². The first-order chi connectivity index (χ1) is 16.0. The summed E-state index contributed by atoms with van der Waals surface area (Å²) in [5.74, 6) is 0.445. The SMILES string of the molecule is O=C(Nc1ccc(C(=O)N2CCCC(CCCl)c3cc(Cl)ccc32)cc1)c1ccccc1Cl. The maximum absolute atomic E-state index is 13.4. The quantitative estimate of drug-likeness (QED) is 0.370. The zero-order valence-corrected chi connectivity index (χ0v) is 20.1. The number of fused-ring (bicyclic) bond motifs is 1. The molecule has 0 aliphatic carbocycles. The number of nitrogens with one attached hydrogen (secondary N) is 1. The minimum absolute atomic E-state index is 0.0888. The number of amides is 2. The van der Waals surface area contributed by atoms with E-state index in [2.05, 4.69) is 5.32 Å². The van der Waals surface area contributed by atoms with Crippen molar-refractivity contribution in [2.75, 3.05) is 22.6 Å². The number of benzene rings is 3. The van der Waals surface area contributed by atoms with Crippen LogP contribution in [-0.2, 0) is 0 Å². The highest BCUT2D eigenvalue weighted by Crippen LogP contribution is 2.38. The monoisotopic (exact) mass is 500 g/mol. The van der Waals surface area contributed by atoms with Crippen LogP contribution in [0.15, 0.2) is 66.7 Å². The maximum Gasteiger partial charge on any atom is 0.258 e. The van der Waals surface area contributed by atoms with E-state index in [1.165, 1.54) is 0 Å². The second-order valence-electron chi connectivity index (χ2n) is 7.99. The largest absolute Gasteiger partial charge is 0.322 e. The topological polar surface area (TPSA) is 49.4 Å². The molecule has 3 aromatic carbocycles. The molecule has 1 aliphatic rings. The molecule has 0 spiro atoms. The van der Waals surface area contributed by atoms with Crippen molar-refractivity contribution >= 4 is 58.0 Å². The number of carbonyl (C=O) groups is 2. The standard InChI is InChI=1S/C26H23Cl3N2O2/c27-14-13-17-4-3-15-31(24-12-9-19(28)16-22(17)24)26(33)18-7-10-20(11-8-18)30-25(32)21-5-1-2-6-23(21)29/h1-2,5-12,16-17H,3-4,13-15H2,(H,30,32). The molecule has 1 unspecified atom stereocenters. The predicted molar refractivity (Wildman–Crippen MR) is 136 cm³/mol. The van der Waals surface area contributed by atoms with E-state index in [1.807, 2.05) is 23.1 Å². The summed E-state index contributed by atoms with van der Waals surface area (Å²) in [6.45, 7) is 0.622. The Balaban J connectivity index is 1.55. The van der Waals surface area contributed by atoms with Crippen molar-refractivity contribution in [1.82, 2.24) is 0 Å². The van der Waals surface area contributed by atoms with Crippen molar-refractivity contribution in [3.63, 3.8) is 0 Å². The third-order valence-corrected chi connectivity index (χ3v) is 6.65.